The molecule has 2 aromatic rings. The molecule has 1 heterocycles. The highest BCUT2D eigenvalue weighted by molar-refractivity contribution is 5.96. The molecule has 22 heavy (non-hydrogen) atoms. The number of hydrogen-bond donors (Lipinski definition) is 1. The Labute approximate surface area is 130 Å². The van der Waals surface area contributed by atoms with Crippen molar-refractivity contribution in [2.75, 3.05) is 13.1 Å². The molecule has 2 aromatic carbocycles. The summed E-state index contributed by atoms with van der Waals surface area (Å²) in [5, 5.41) is 11.9. The molecular formula is C19H21NO2. The Bertz CT molecular complexity index is 700. The first-order chi connectivity index (χ1) is 10.6. The molecule has 1 N–H and O–H groups in total. The van der Waals surface area contributed by atoms with Crippen LogP contribution in [0.5, 0.6) is 0 Å². The minimum Gasteiger partial charge on any atom is -0.393 e. The van der Waals surface area contributed by atoms with Crippen molar-refractivity contribution in [3.05, 3.63) is 54.1 Å². The van der Waals surface area contributed by atoms with Crippen molar-refractivity contribution in [2.45, 2.75) is 19.4 Å². The predicted octanol–water partition coefficient (Wildman–Crippen LogP) is 3.08. The van der Waals surface area contributed by atoms with Gasteiger partial charge in [0.2, 0.25) is 5.91 Å². The highest BCUT2D eigenvalue weighted by Crippen LogP contribution is 2.22. The largest absolute Gasteiger partial charge is 0.393 e. The molecule has 1 fully saturated rings. The first-order valence-electron chi connectivity index (χ1n) is 7.78. The van der Waals surface area contributed by atoms with Crippen LogP contribution in [0.25, 0.3) is 16.8 Å². The molecule has 0 aliphatic carbocycles. The highest BCUT2D eigenvalue weighted by Gasteiger charge is 2.27. The summed E-state index contributed by atoms with van der Waals surface area (Å²) in [6, 6.07) is 14.3. The van der Waals surface area contributed by atoms with Gasteiger partial charge in [-0.2, -0.15) is 0 Å². The molecule has 1 amide bonds. The van der Waals surface area contributed by atoms with Crippen molar-refractivity contribution in [3.63, 3.8) is 0 Å². The zero-order chi connectivity index (χ0) is 15.5. The summed E-state index contributed by atoms with van der Waals surface area (Å²) in [5.41, 5.74) is 1.05. The monoisotopic (exact) mass is 295 g/mol. The molecule has 0 radical (unpaired) electrons. The fraction of sp³-hybridized carbons (Fsp3) is 0.316. The van der Waals surface area contributed by atoms with Gasteiger partial charge in [0.05, 0.1) is 6.10 Å². The van der Waals surface area contributed by atoms with Crippen LogP contribution in [-0.2, 0) is 4.79 Å². The van der Waals surface area contributed by atoms with Gasteiger partial charge in [0.25, 0.3) is 0 Å². The maximum atomic E-state index is 12.3. The molecule has 2 unspecified atom stereocenters. The van der Waals surface area contributed by atoms with Crippen LogP contribution in [0, 0.1) is 5.92 Å². The molecule has 0 aromatic heterocycles. The molecule has 3 rings (SSSR count). The Balaban J connectivity index is 1.75. The van der Waals surface area contributed by atoms with Crippen molar-refractivity contribution in [2.24, 2.45) is 5.92 Å². The van der Waals surface area contributed by atoms with Crippen molar-refractivity contribution in [1.82, 2.24) is 4.90 Å². The van der Waals surface area contributed by atoms with E-state index in [1.807, 2.05) is 35.2 Å². The highest BCUT2D eigenvalue weighted by atomic mass is 16.3. The smallest absolute Gasteiger partial charge is 0.246 e. The van der Waals surface area contributed by atoms with E-state index in [0.717, 1.165) is 23.9 Å². The molecule has 114 valence electrons. The summed E-state index contributed by atoms with van der Waals surface area (Å²) < 4.78 is 0. The maximum absolute atomic E-state index is 12.3. The van der Waals surface area contributed by atoms with E-state index in [2.05, 4.69) is 18.2 Å². The van der Waals surface area contributed by atoms with Crippen LogP contribution in [0.3, 0.4) is 0 Å². The number of aliphatic hydroxyl groups is 1. The van der Waals surface area contributed by atoms with E-state index in [1.54, 1.807) is 13.0 Å². The summed E-state index contributed by atoms with van der Waals surface area (Å²) in [6.07, 6.45) is 4.07. The number of carbonyl (C=O) groups is 1. The Kier molecular flexibility index (Phi) is 4.25. The molecule has 1 aliphatic rings. The molecule has 0 saturated carbocycles. The summed E-state index contributed by atoms with van der Waals surface area (Å²) in [5.74, 6) is 0.228. The minimum atomic E-state index is -0.347. The average molecular weight is 295 g/mol. The number of carbonyl (C=O) groups excluding carboxylic acids is 1. The van der Waals surface area contributed by atoms with E-state index >= 15 is 0 Å². The average Bonchev–Trinajstić information content (AvgIpc) is 3.03. The van der Waals surface area contributed by atoms with Gasteiger partial charge in [-0.1, -0.05) is 42.5 Å². The molecule has 1 saturated heterocycles. The lowest BCUT2D eigenvalue weighted by Crippen LogP contribution is -2.28. The van der Waals surface area contributed by atoms with Crippen LogP contribution in [0.2, 0.25) is 0 Å². The Hall–Kier alpha value is -2.13. The summed E-state index contributed by atoms with van der Waals surface area (Å²) in [4.78, 5) is 14.1. The van der Waals surface area contributed by atoms with E-state index in [0.29, 0.717) is 6.54 Å². The summed E-state index contributed by atoms with van der Waals surface area (Å²) in [7, 11) is 0. The Morgan fingerprint density at radius 3 is 2.82 bits per heavy atom. The van der Waals surface area contributed by atoms with Gasteiger partial charge in [0, 0.05) is 25.1 Å². The van der Waals surface area contributed by atoms with Crippen LogP contribution >= 0.6 is 0 Å². The van der Waals surface area contributed by atoms with Crippen LogP contribution in [-0.4, -0.2) is 35.1 Å². The van der Waals surface area contributed by atoms with E-state index in [-0.39, 0.29) is 17.9 Å². The predicted molar refractivity (Wildman–Crippen MR) is 89.3 cm³/mol. The molecular weight excluding hydrogens is 274 g/mol. The zero-order valence-corrected chi connectivity index (χ0v) is 12.8. The number of fused-ring (bicyclic) bond motifs is 1. The molecule has 3 heteroatoms. The SMILES string of the molecule is CC(O)C1CCN(C(=O)/C=C/c2cccc3ccccc23)C1. The Morgan fingerprint density at radius 1 is 1.27 bits per heavy atom. The third-order valence-electron chi connectivity index (χ3n) is 4.45. The molecule has 1 aliphatic heterocycles. The zero-order valence-electron chi connectivity index (χ0n) is 12.8. The number of rotatable bonds is 3. The van der Waals surface area contributed by atoms with Crippen LogP contribution in [0.15, 0.2) is 48.5 Å². The van der Waals surface area contributed by atoms with Gasteiger partial charge in [-0.15, -0.1) is 0 Å². The molecule has 2 atom stereocenters. The van der Waals surface area contributed by atoms with E-state index < -0.39 is 0 Å². The van der Waals surface area contributed by atoms with Gasteiger partial charge >= 0.3 is 0 Å². The second kappa shape index (κ2) is 6.32. The minimum absolute atomic E-state index is 0.0242. The summed E-state index contributed by atoms with van der Waals surface area (Å²) in [6.45, 7) is 3.18. The van der Waals surface area contributed by atoms with Gasteiger partial charge < -0.3 is 10.0 Å². The quantitative estimate of drug-likeness (QED) is 0.884. The van der Waals surface area contributed by atoms with Crippen LogP contribution in [0.4, 0.5) is 0 Å². The first kappa shape index (κ1) is 14.8. The Morgan fingerprint density at radius 2 is 2.05 bits per heavy atom. The van der Waals surface area contributed by atoms with Gasteiger partial charge in [-0.3, -0.25) is 4.79 Å². The fourth-order valence-electron chi connectivity index (χ4n) is 3.04. The maximum Gasteiger partial charge on any atom is 0.246 e. The lowest BCUT2D eigenvalue weighted by Gasteiger charge is -2.15. The van der Waals surface area contributed by atoms with Crippen LogP contribution in [0.1, 0.15) is 18.9 Å². The number of amides is 1. The number of nitrogens with zero attached hydrogens (tertiary/aromatic N) is 1. The third kappa shape index (κ3) is 3.04. The van der Waals surface area contributed by atoms with E-state index in [9.17, 15) is 9.90 Å². The lowest BCUT2D eigenvalue weighted by atomic mass is 10.0. The standard InChI is InChI=1S/C19H21NO2/c1-14(21)17-11-12-20(13-17)19(22)10-9-16-7-4-6-15-5-2-3-8-18(15)16/h2-10,14,17,21H,11-13H2,1H3/b10-9+. The van der Waals surface area contributed by atoms with Gasteiger partial charge in [-0.25, -0.2) is 0 Å². The number of aliphatic hydroxyl groups excluding tert-OH is 1. The fourth-order valence-corrected chi connectivity index (χ4v) is 3.04. The van der Waals surface area contributed by atoms with Crippen LogP contribution < -0.4 is 0 Å². The van der Waals surface area contributed by atoms with Gasteiger partial charge in [-0.05, 0) is 35.8 Å². The second-order valence-corrected chi connectivity index (χ2v) is 5.98. The van der Waals surface area contributed by atoms with Gasteiger partial charge in [0.1, 0.15) is 0 Å². The molecule has 3 nitrogen and oxygen atoms in total. The van der Waals surface area contributed by atoms with Crippen molar-refractivity contribution in [1.29, 1.82) is 0 Å². The number of hydrogen-bond acceptors (Lipinski definition) is 2. The van der Waals surface area contributed by atoms with E-state index in [4.69, 9.17) is 0 Å². The molecule has 0 bridgehead atoms. The topological polar surface area (TPSA) is 40.5 Å². The van der Waals surface area contributed by atoms with Gasteiger partial charge in [0.15, 0.2) is 0 Å². The van der Waals surface area contributed by atoms with E-state index in [1.165, 1.54) is 5.39 Å². The number of benzene rings is 2. The van der Waals surface area contributed by atoms with Crippen molar-refractivity contribution < 1.29 is 9.90 Å². The molecule has 0 spiro atoms. The normalized spacial score (nSPS) is 19.9. The third-order valence-corrected chi connectivity index (χ3v) is 4.45. The summed E-state index contributed by atoms with van der Waals surface area (Å²) >= 11 is 0. The number of likely N-dealkylation sites (tertiary alicyclic amines) is 1. The lowest BCUT2D eigenvalue weighted by molar-refractivity contribution is -0.125. The van der Waals surface area contributed by atoms with Crippen molar-refractivity contribution in [3.8, 4) is 0 Å². The first-order valence-corrected chi connectivity index (χ1v) is 7.78. The van der Waals surface area contributed by atoms with Crippen molar-refractivity contribution >= 4 is 22.8 Å². The second-order valence-electron chi connectivity index (χ2n) is 5.98.